The lowest BCUT2D eigenvalue weighted by Crippen LogP contribution is -2.40. The van der Waals surface area contributed by atoms with E-state index in [0.29, 0.717) is 18.9 Å². The van der Waals surface area contributed by atoms with E-state index < -0.39 is 0 Å². The molecule has 3 heteroatoms. The van der Waals surface area contributed by atoms with Crippen molar-refractivity contribution in [3.63, 3.8) is 0 Å². The molecule has 28 heavy (non-hydrogen) atoms. The van der Waals surface area contributed by atoms with Crippen molar-refractivity contribution in [3.05, 3.63) is 65.2 Å². The minimum absolute atomic E-state index is 0.323. The van der Waals surface area contributed by atoms with Gasteiger partial charge in [-0.15, -0.1) is 0 Å². The third kappa shape index (κ3) is 3.22. The smallest absolute Gasteiger partial charge is 0.119 e. The van der Waals surface area contributed by atoms with Gasteiger partial charge in [0.1, 0.15) is 18.1 Å². The van der Waals surface area contributed by atoms with Crippen LogP contribution in [0.25, 0.3) is 5.57 Å². The number of ether oxygens (including phenoxy) is 1. The molecule has 4 bridgehead atoms. The molecule has 3 nitrogen and oxygen atoms in total. The van der Waals surface area contributed by atoms with Crippen molar-refractivity contribution < 1.29 is 9.84 Å². The summed E-state index contributed by atoms with van der Waals surface area (Å²) >= 11 is 0. The zero-order valence-electron chi connectivity index (χ0n) is 16.3. The number of hydrogen-bond acceptors (Lipinski definition) is 3. The summed E-state index contributed by atoms with van der Waals surface area (Å²) in [5.41, 5.74) is 11.1. The minimum Gasteiger partial charge on any atom is -0.508 e. The molecule has 4 fully saturated rings. The topological polar surface area (TPSA) is 55.5 Å². The first-order valence-corrected chi connectivity index (χ1v) is 10.7. The van der Waals surface area contributed by atoms with Gasteiger partial charge >= 0.3 is 0 Å². The molecule has 0 aromatic heterocycles. The average Bonchev–Trinajstić information content (AvgIpc) is 2.70. The van der Waals surface area contributed by atoms with E-state index in [2.05, 4.69) is 36.4 Å². The Morgan fingerprint density at radius 3 is 1.89 bits per heavy atom. The molecule has 4 aliphatic carbocycles. The van der Waals surface area contributed by atoms with Gasteiger partial charge in [0.2, 0.25) is 0 Å². The van der Waals surface area contributed by atoms with E-state index in [1.807, 2.05) is 12.1 Å². The first-order chi connectivity index (χ1) is 13.7. The lowest BCUT2D eigenvalue weighted by molar-refractivity contribution is 0.0705. The molecule has 4 aliphatic rings. The summed E-state index contributed by atoms with van der Waals surface area (Å²) in [5, 5.41) is 9.80. The van der Waals surface area contributed by atoms with E-state index in [4.69, 9.17) is 10.5 Å². The Hall–Kier alpha value is -2.26. The van der Waals surface area contributed by atoms with Gasteiger partial charge in [0.05, 0.1) is 0 Å². The lowest BCUT2D eigenvalue weighted by atomic mass is 9.53. The van der Waals surface area contributed by atoms with Gasteiger partial charge in [-0.1, -0.05) is 29.8 Å². The fourth-order valence-electron chi connectivity index (χ4n) is 6.12. The van der Waals surface area contributed by atoms with E-state index in [-0.39, 0.29) is 0 Å². The van der Waals surface area contributed by atoms with E-state index in [9.17, 15) is 5.11 Å². The summed E-state index contributed by atoms with van der Waals surface area (Å²) in [6.45, 7) is 1.06. The largest absolute Gasteiger partial charge is 0.508 e. The Bertz CT molecular complexity index is 836. The third-order valence-corrected chi connectivity index (χ3v) is 6.99. The maximum atomic E-state index is 9.80. The highest BCUT2D eigenvalue weighted by atomic mass is 16.5. The SMILES string of the molecule is NCCOc1ccc(C(=C2C3CC4CC(C3)CC2C4)c2ccc(O)cc2)cc1. The molecule has 0 atom stereocenters. The number of nitrogens with two attached hydrogens (primary N) is 1. The first kappa shape index (κ1) is 17.8. The van der Waals surface area contributed by atoms with Gasteiger partial charge in [0.25, 0.3) is 0 Å². The Labute approximate surface area is 167 Å². The van der Waals surface area contributed by atoms with Crippen LogP contribution in [-0.4, -0.2) is 18.3 Å². The van der Waals surface area contributed by atoms with Gasteiger partial charge in [-0.2, -0.15) is 0 Å². The minimum atomic E-state index is 0.323. The van der Waals surface area contributed by atoms with E-state index in [1.54, 1.807) is 5.57 Å². The molecule has 0 radical (unpaired) electrons. The molecule has 0 spiro atoms. The molecule has 146 valence electrons. The van der Waals surface area contributed by atoms with Gasteiger partial charge in [-0.05, 0) is 96.7 Å². The number of benzene rings is 2. The van der Waals surface area contributed by atoms with Crippen molar-refractivity contribution in [3.8, 4) is 11.5 Å². The maximum absolute atomic E-state index is 9.80. The molecule has 0 amide bonds. The highest BCUT2D eigenvalue weighted by Gasteiger charge is 2.46. The number of aromatic hydroxyl groups is 1. The third-order valence-electron chi connectivity index (χ3n) is 6.99. The zero-order valence-corrected chi connectivity index (χ0v) is 16.3. The Balaban J connectivity index is 1.59. The van der Waals surface area contributed by atoms with Gasteiger partial charge in [-0.3, -0.25) is 0 Å². The van der Waals surface area contributed by atoms with Crippen LogP contribution in [0.4, 0.5) is 0 Å². The first-order valence-electron chi connectivity index (χ1n) is 10.7. The molecule has 3 N–H and O–H groups in total. The quantitative estimate of drug-likeness (QED) is 0.774. The number of allylic oxidation sites excluding steroid dienone is 1. The van der Waals surface area contributed by atoms with E-state index >= 15 is 0 Å². The van der Waals surface area contributed by atoms with E-state index in [1.165, 1.54) is 48.8 Å². The number of hydrogen-bond donors (Lipinski definition) is 2. The Morgan fingerprint density at radius 2 is 1.36 bits per heavy atom. The van der Waals surface area contributed by atoms with Crippen molar-refractivity contribution in [2.24, 2.45) is 29.4 Å². The molecule has 2 aromatic rings. The second-order valence-electron chi connectivity index (χ2n) is 8.84. The van der Waals surface area contributed by atoms with Crippen molar-refractivity contribution in [1.82, 2.24) is 0 Å². The molecule has 0 unspecified atom stereocenters. The van der Waals surface area contributed by atoms with Crippen LogP contribution in [0.3, 0.4) is 0 Å². The predicted molar refractivity (Wildman–Crippen MR) is 112 cm³/mol. The van der Waals surface area contributed by atoms with Crippen LogP contribution in [0.5, 0.6) is 11.5 Å². The molecule has 0 heterocycles. The maximum Gasteiger partial charge on any atom is 0.119 e. The average molecular weight is 376 g/mol. The molecular weight excluding hydrogens is 346 g/mol. The summed E-state index contributed by atoms with van der Waals surface area (Å²) in [6.07, 6.45) is 6.91. The van der Waals surface area contributed by atoms with Crippen molar-refractivity contribution in [2.45, 2.75) is 32.1 Å². The van der Waals surface area contributed by atoms with Gasteiger partial charge in [-0.25, -0.2) is 0 Å². The molecule has 4 saturated carbocycles. The van der Waals surface area contributed by atoms with Crippen molar-refractivity contribution in [2.75, 3.05) is 13.2 Å². The molecule has 0 saturated heterocycles. The Morgan fingerprint density at radius 1 is 0.821 bits per heavy atom. The second kappa shape index (κ2) is 7.29. The summed E-state index contributed by atoms with van der Waals surface area (Å²) in [6, 6.07) is 16.3. The van der Waals surface area contributed by atoms with Gasteiger partial charge < -0.3 is 15.6 Å². The van der Waals surface area contributed by atoms with Crippen LogP contribution in [0.15, 0.2) is 54.1 Å². The van der Waals surface area contributed by atoms with Crippen LogP contribution >= 0.6 is 0 Å². The zero-order chi connectivity index (χ0) is 19.1. The van der Waals surface area contributed by atoms with Crippen LogP contribution in [0.2, 0.25) is 0 Å². The summed E-state index contributed by atoms with van der Waals surface area (Å²) in [4.78, 5) is 0. The van der Waals surface area contributed by atoms with Gasteiger partial charge in [0.15, 0.2) is 0 Å². The lowest BCUT2D eigenvalue weighted by Gasteiger charge is -2.52. The van der Waals surface area contributed by atoms with Crippen LogP contribution in [-0.2, 0) is 0 Å². The molecule has 6 rings (SSSR count). The normalized spacial score (nSPS) is 27.8. The standard InChI is InChI=1S/C25H29NO2/c26-9-10-28-23-7-3-19(4-8-23)24(18-1-5-22(27)6-2-18)25-20-12-16-11-17(14-20)15-21(25)13-16/h1-8,16-17,20-21,27H,9-15,26H2. The van der Waals surface area contributed by atoms with Gasteiger partial charge in [0, 0.05) is 6.54 Å². The van der Waals surface area contributed by atoms with Crippen LogP contribution in [0.1, 0.15) is 43.2 Å². The summed E-state index contributed by atoms with van der Waals surface area (Å²) < 4.78 is 5.68. The van der Waals surface area contributed by atoms with Crippen molar-refractivity contribution in [1.29, 1.82) is 0 Å². The fraction of sp³-hybridized carbons (Fsp3) is 0.440. The van der Waals surface area contributed by atoms with Crippen LogP contribution < -0.4 is 10.5 Å². The monoisotopic (exact) mass is 375 g/mol. The summed E-state index contributed by atoms with van der Waals surface area (Å²) in [7, 11) is 0. The van der Waals surface area contributed by atoms with Crippen LogP contribution in [0, 0.1) is 23.7 Å². The Kier molecular flexibility index (Phi) is 4.64. The van der Waals surface area contributed by atoms with E-state index in [0.717, 1.165) is 29.4 Å². The second-order valence-corrected chi connectivity index (χ2v) is 8.84. The molecular formula is C25H29NO2. The molecule has 0 aliphatic heterocycles. The number of phenols is 1. The summed E-state index contributed by atoms with van der Waals surface area (Å²) in [5.74, 6) is 4.54. The highest BCUT2D eigenvalue weighted by Crippen LogP contribution is 2.58. The predicted octanol–water partition coefficient (Wildman–Crippen LogP) is 4.99. The highest BCUT2D eigenvalue weighted by molar-refractivity contribution is 5.83. The van der Waals surface area contributed by atoms with Crippen molar-refractivity contribution >= 4 is 5.57 Å². The number of rotatable bonds is 5. The molecule has 2 aromatic carbocycles. The fourth-order valence-corrected chi connectivity index (χ4v) is 6.12. The number of phenolic OH excluding ortho intramolecular Hbond substituents is 1.